The van der Waals surface area contributed by atoms with E-state index in [0.29, 0.717) is 12.1 Å². The minimum Gasteiger partial charge on any atom is -0.497 e. The molecule has 0 fully saturated rings. The van der Waals surface area contributed by atoms with Crippen molar-refractivity contribution in [2.24, 2.45) is 4.99 Å². The van der Waals surface area contributed by atoms with Gasteiger partial charge in [-0.05, 0) is 41.8 Å². The summed E-state index contributed by atoms with van der Waals surface area (Å²) in [6.45, 7) is 1.45. The molecule has 0 bridgehead atoms. The molecule has 0 aliphatic carbocycles. The Kier molecular flexibility index (Phi) is 6.66. The van der Waals surface area contributed by atoms with Crippen molar-refractivity contribution in [2.45, 2.75) is 13.0 Å². The zero-order chi connectivity index (χ0) is 17.2. The number of nitriles is 1. The van der Waals surface area contributed by atoms with Crippen molar-refractivity contribution >= 4 is 5.96 Å². The largest absolute Gasteiger partial charge is 0.497 e. The highest BCUT2D eigenvalue weighted by molar-refractivity contribution is 5.79. The number of ether oxygens (including phenoxy) is 1. The first-order chi connectivity index (χ1) is 11.7. The quantitative estimate of drug-likeness (QED) is 0.633. The van der Waals surface area contributed by atoms with E-state index in [1.807, 2.05) is 36.4 Å². The third kappa shape index (κ3) is 5.33. The van der Waals surface area contributed by atoms with Gasteiger partial charge in [-0.25, -0.2) is 0 Å². The number of nitrogens with zero attached hydrogens (tertiary/aromatic N) is 2. The Morgan fingerprint density at radius 1 is 1.04 bits per heavy atom. The molecule has 0 atom stereocenters. The minimum atomic E-state index is 0.661. The van der Waals surface area contributed by atoms with Crippen LogP contribution in [0.3, 0.4) is 0 Å². The lowest BCUT2D eigenvalue weighted by Gasteiger charge is -2.12. The van der Waals surface area contributed by atoms with Crippen LogP contribution in [-0.4, -0.2) is 26.7 Å². The maximum Gasteiger partial charge on any atom is 0.191 e. The molecule has 0 aliphatic rings. The lowest BCUT2D eigenvalue weighted by molar-refractivity contribution is 0.414. The molecule has 0 saturated carbocycles. The summed E-state index contributed by atoms with van der Waals surface area (Å²) in [5, 5.41) is 15.4. The van der Waals surface area contributed by atoms with Gasteiger partial charge < -0.3 is 15.4 Å². The number of aliphatic imine (C=N–C) groups is 1. The molecule has 0 unspecified atom stereocenters. The summed E-state index contributed by atoms with van der Waals surface area (Å²) in [6, 6.07) is 17.7. The fourth-order valence-corrected chi connectivity index (χ4v) is 2.22. The van der Waals surface area contributed by atoms with Crippen molar-refractivity contribution in [2.75, 3.05) is 20.7 Å². The van der Waals surface area contributed by atoms with Crippen molar-refractivity contribution in [3.8, 4) is 11.8 Å². The summed E-state index contributed by atoms with van der Waals surface area (Å²) in [5.74, 6) is 1.62. The number of hydrogen-bond donors (Lipinski definition) is 2. The molecule has 5 heteroatoms. The second-order valence-corrected chi connectivity index (χ2v) is 5.26. The zero-order valence-electron chi connectivity index (χ0n) is 14.0. The van der Waals surface area contributed by atoms with E-state index in [1.54, 1.807) is 14.2 Å². The van der Waals surface area contributed by atoms with E-state index in [9.17, 15) is 0 Å². The van der Waals surface area contributed by atoms with Crippen LogP contribution in [0.15, 0.2) is 53.5 Å². The second kappa shape index (κ2) is 9.21. The average molecular weight is 322 g/mol. The van der Waals surface area contributed by atoms with Crippen LogP contribution >= 0.6 is 0 Å². The number of rotatable bonds is 6. The van der Waals surface area contributed by atoms with Gasteiger partial charge >= 0.3 is 0 Å². The van der Waals surface area contributed by atoms with Crippen molar-refractivity contribution in [3.63, 3.8) is 0 Å². The third-order valence-corrected chi connectivity index (χ3v) is 3.63. The van der Waals surface area contributed by atoms with Gasteiger partial charge in [0.2, 0.25) is 0 Å². The highest BCUT2D eigenvalue weighted by Gasteiger charge is 2.00. The van der Waals surface area contributed by atoms with Crippen LogP contribution in [0.25, 0.3) is 0 Å². The van der Waals surface area contributed by atoms with E-state index in [1.165, 1.54) is 5.56 Å². The summed E-state index contributed by atoms with van der Waals surface area (Å²) >= 11 is 0. The Labute approximate surface area is 143 Å². The first kappa shape index (κ1) is 17.4. The van der Waals surface area contributed by atoms with Crippen LogP contribution in [0.5, 0.6) is 5.75 Å². The monoisotopic (exact) mass is 322 g/mol. The molecule has 0 aliphatic heterocycles. The van der Waals surface area contributed by atoms with Crippen LogP contribution in [0, 0.1) is 11.3 Å². The molecule has 0 spiro atoms. The Balaban J connectivity index is 1.76. The van der Waals surface area contributed by atoms with E-state index in [4.69, 9.17) is 10.00 Å². The van der Waals surface area contributed by atoms with Gasteiger partial charge in [0.05, 0.1) is 18.7 Å². The van der Waals surface area contributed by atoms with Gasteiger partial charge in [-0.2, -0.15) is 5.26 Å². The summed E-state index contributed by atoms with van der Waals surface area (Å²) < 4.78 is 5.16. The minimum absolute atomic E-state index is 0.661. The Hall–Kier alpha value is -3.00. The number of methoxy groups -OCH3 is 1. The SMILES string of the molecule is CN=C(NCCc1ccc(OC)cc1)NCc1ccc(C#N)cc1. The topological polar surface area (TPSA) is 69.4 Å². The van der Waals surface area contributed by atoms with Crippen molar-refractivity contribution < 1.29 is 4.74 Å². The van der Waals surface area contributed by atoms with Crippen LogP contribution < -0.4 is 15.4 Å². The number of nitrogens with one attached hydrogen (secondary N) is 2. The Morgan fingerprint density at radius 2 is 1.71 bits per heavy atom. The molecule has 0 saturated heterocycles. The molecular weight excluding hydrogens is 300 g/mol. The molecule has 5 nitrogen and oxygen atoms in total. The fourth-order valence-electron chi connectivity index (χ4n) is 2.22. The highest BCUT2D eigenvalue weighted by Crippen LogP contribution is 2.11. The van der Waals surface area contributed by atoms with Crippen LogP contribution in [-0.2, 0) is 13.0 Å². The predicted molar refractivity (Wildman–Crippen MR) is 96.1 cm³/mol. The smallest absolute Gasteiger partial charge is 0.191 e. The van der Waals surface area contributed by atoms with Gasteiger partial charge in [-0.1, -0.05) is 24.3 Å². The van der Waals surface area contributed by atoms with Crippen molar-refractivity contribution in [1.82, 2.24) is 10.6 Å². The lowest BCUT2D eigenvalue weighted by atomic mass is 10.1. The van der Waals surface area contributed by atoms with Gasteiger partial charge in [0.1, 0.15) is 5.75 Å². The van der Waals surface area contributed by atoms with Gasteiger partial charge in [-0.3, -0.25) is 4.99 Å². The average Bonchev–Trinajstić information content (AvgIpc) is 2.65. The molecule has 2 aromatic rings. The molecule has 24 heavy (non-hydrogen) atoms. The van der Waals surface area contributed by atoms with Crippen molar-refractivity contribution in [1.29, 1.82) is 5.26 Å². The molecule has 2 aromatic carbocycles. The normalized spacial score (nSPS) is 10.8. The van der Waals surface area contributed by atoms with E-state index in [-0.39, 0.29) is 0 Å². The van der Waals surface area contributed by atoms with Gasteiger partial charge in [0.25, 0.3) is 0 Å². The Morgan fingerprint density at radius 3 is 2.29 bits per heavy atom. The van der Waals surface area contributed by atoms with E-state index < -0.39 is 0 Å². The summed E-state index contributed by atoms with van der Waals surface area (Å²) in [6.07, 6.45) is 0.904. The predicted octanol–water partition coefficient (Wildman–Crippen LogP) is 2.47. The maximum atomic E-state index is 8.80. The summed E-state index contributed by atoms with van der Waals surface area (Å²) in [5.41, 5.74) is 3.01. The van der Waals surface area contributed by atoms with Gasteiger partial charge in [0, 0.05) is 20.1 Å². The van der Waals surface area contributed by atoms with Gasteiger partial charge in [-0.15, -0.1) is 0 Å². The third-order valence-electron chi connectivity index (χ3n) is 3.63. The van der Waals surface area contributed by atoms with E-state index >= 15 is 0 Å². The first-order valence-corrected chi connectivity index (χ1v) is 7.81. The highest BCUT2D eigenvalue weighted by atomic mass is 16.5. The fraction of sp³-hybridized carbons (Fsp3) is 0.263. The molecular formula is C19H22N4O. The molecule has 0 amide bonds. The number of hydrogen-bond acceptors (Lipinski definition) is 3. The summed E-state index contributed by atoms with van der Waals surface area (Å²) in [7, 11) is 3.42. The number of guanidine groups is 1. The maximum absolute atomic E-state index is 8.80. The molecule has 0 heterocycles. The molecule has 2 rings (SSSR count). The second-order valence-electron chi connectivity index (χ2n) is 5.26. The van der Waals surface area contributed by atoms with Gasteiger partial charge in [0.15, 0.2) is 5.96 Å². The molecule has 0 radical (unpaired) electrons. The number of benzene rings is 2. The van der Waals surface area contributed by atoms with Crippen LogP contribution in [0.2, 0.25) is 0 Å². The van der Waals surface area contributed by atoms with E-state index in [0.717, 1.165) is 30.2 Å². The van der Waals surface area contributed by atoms with Crippen LogP contribution in [0.1, 0.15) is 16.7 Å². The molecule has 2 N–H and O–H groups in total. The first-order valence-electron chi connectivity index (χ1n) is 7.81. The Bertz CT molecular complexity index is 700. The van der Waals surface area contributed by atoms with Crippen LogP contribution in [0.4, 0.5) is 0 Å². The molecule has 0 aromatic heterocycles. The zero-order valence-corrected chi connectivity index (χ0v) is 14.0. The summed E-state index contributed by atoms with van der Waals surface area (Å²) in [4.78, 5) is 4.22. The van der Waals surface area contributed by atoms with Crippen molar-refractivity contribution in [3.05, 3.63) is 65.2 Å². The standard InChI is InChI=1S/C19H22N4O/c1-21-19(23-14-17-5-3-16(13-20)4-6-17)22-12-11-15-7-9-18(24-2)10-8-15/h3-10H,11-12,14H2,1-2H3,(H2,21,22,23). The lowest BCUT2D eigenvalue weighted by Crippen LogP contribution is -2.37. The molecule has 124 valence electrons. The van der Waals surface area contributed by atoms with E-state index in [2.05, 4.69) is 33.8 Å².